The number of nitrogens with one attached hydrogen (secondary N) is 1. The van der Waals surface area contributed by atoms with Crippen LogP contribution in [-0.4, -0.2) is 30.6 Å². The maximum Gasteiger partial charge on any atom is 0.0262 e. The molecule has 74 valence electrons. The Morgan fingerprint density at radius 3 is 2.08 bits per heavy atom. The summed E-state index contributed by atoms with van der Waals surface area (Å²) in [6.07, 6.45) is 2.52. The first-order valence-corrected chi connectivity index (χ1v) is 5.90. The van der Waals surface area contributed by atoms with E-state index < -0.39 is 0 Å². The molecule has 0 amide bonds. The number of hydrogen-bond donors (Lipinski definition) is 1. The number of rotatable bonds is 7. The molecule has 0 aromatic carbocycles. The zero-order valence-corrected chi connectivity index (χ0v) is 10.6. The number of hydrogen-bond acceptors (Lipinski definition) is 2. The summed E-state index contributed by atoms with van der Waals surface area (Å²) in [5.41, 5.74) is 0. The van der Waals surface area contributed by atoms with E-state index in [1.54, 1.807) is 0 Å². The Kier molecular flexibility index (Phi) is 8.70. The van der Waals surface area contributed by atoms with Gasteiger partial charge in [-0.25, -0.2) is 0 Å². The van der Waals surface area contributed by atoms with Gasteiger partial charge in [0.1, 0.15) is 0 Å². The van der Waals surface area contributed by atoms with E-state index in [2.05, 4.69) is 52.1 Å². The van der Waals surface area contributed by atoms with Crippen LogP contribution < -0.4 is 3.53 Å². The third-order valence-electron chi connectivity index (χ3n) is 1.80. The molecule has 0 fully saturated rings. The summed E-state index contributed by atoms with van der Waals surface area (Å²) >= 11 is 2.23. The molecule has 0 rings (SSSR count). The highest BCUT2D eigenvalue weighted by Crippen LogP contribution is 1.97. The van der Waals surface area contributed by atoms with Gasteiger partial charge >= 0.3 is 0 Å². The lowest BCUT2D eigenvalue weighted by atomic mass is 10.3. The lowest BCUT2D eigenvalue weighted by Crippen LogP contribution is -2.36. The quantitative estimate of drug-likeness (QED) is 0.570. The first kappa shape index (κ1) is 12.7. The number of halogens is 1. The average molecular weight is 284 g/mol. The van der Waals surface area contributed by atoms with Crippen LogP contribution in [0.1, 0.15) is 33.6 Å². The summed E-state index contributed by atoms with van der Waals surface area (Å²) in [5, 5.41) is 0. The van der Waals surface area contributed by atoms with E-state index >= 15 is 0 Å². The van der Waals surface area contributed by atoms with Crippen LogP contribution in [0, 0.1) is 0 Å². The molecule has 0 bridgehead atoms. The largest absolute Gasteiger partial charge is 0.302 e. The molecule has 0 spiro atoms. The highest BCUT2D eigenvalue weighted by molar-refractivity contribution is 14.1. The van der Waals surface area contributed by atoms with E-state index in [0.29, 0.717) is 6.04 Å². The Hall–Kier alpha value is 0.650. The normalized spacial score (nSPS) is 13.8. The second-order valence-corrected chi connectivity index (χ2v) is 3.93. The Morgan fingerprint density at radius 2 is 1.75 bits per heavy atom. The van der Waals surface area contributed by atoms with Gasteiger partial charge in [0.05, 0.1) is 0 Å². The van der Waals surface area contributed by atoms with Gasteiger partial charge in [-0.15, -0.1) is 0 Å². The monoisotopic (exact) mass is 284 g/mol. The second-order valence-electron chi connectivity index (χ2n) is 3.31. The van der Waals surface area contributed by atoms with Crippen LogP contribution in [0.15, 0.2) is 0 Å². The first-order valence-electron chi connectivity index (χ1n) is 4.83. The Morgan fingerprint density at radius 1 is 1.25 bits per heavy atom. The van der Waals surface area contributed by atoms with Crippen molar-refractivity contribution in [2.45, 2.75) is 39.7 Å². The van der Waals surface area contributed by atoms with Gasteiger partial charge in [-0.05, 0) is 32.9 Å². The second kappa shape index (κ2) is 8.26. The molecular weight excluding hydrogens is 263 g/mol. The van der Waals surface area contributed by atoms with E-state index in [4.69, 9.17) is 0 Å². The molecule has 0 aliphatic carbocycles. The van der Waals surface area contributed by atoms with E-state index in [1.807, 2.05) is 0 Å². The summed E-state index contributed by atoms with van der Waals surface area (Å²) in [5.74, 6) is 0. The van der Waals surface area contributed by atoms with Gasteiger partial charge in [-0.2, -0.15) is 0 Å². The molecule has 12 heavy (non-hydrogen) atoms. The molecule has 1 N–H and O–H groups in total. The fraction of sp³-hybridized carbons (Fsp3) is 1.00. The summed E-state index contributed by atoms with van der Waals surface area (Å²) in [6.45, 7) is 10.3. The summed E-state index contributed by atoms with van der Waals surface area (Å²) < 4.78 is 3.24. The fourth-order valence-corrected chi connectivity index (χ4v) is 1.55. The molecule has 0 aliphatic heterocycles. The van der Waals surface area contributed by atoms with Crippen LogP contribution in [0.5, 0.6) is 0 Å². The molecule has 0 aliphatic rings. The van der Waals surface area contributed by atoms with Crippen molar-refractivity contribution in [3.63, 3.8) is 0 Å². The van der Waals surface area contributed by atoms with Crippen molar-refractivity contribution in [2.24, 2.45) is 0 Å². The van der Waals surface area contributed by atoms with E-state index in [0.717, 1.165) is 0 Å². The zero-order valence-electron chi connectivity index (χ0n) is 8.44. The van der Waals surface area contributed by atoms with Crippen LogP contribution in [0.4, 0.5) is 0 Å². The molecular formula is C9H21IN2. The molecule has 0 saturated carbocycles. The predicted molar refractivity (Wildman–Crippen MR) is 63.6 cm³/mol. The van der Waals surface area contributed by atoms with Gasteiger partial charge < -0.3 is 4.90 Å². The molecule has 0 heterocycles. The van der Waals surface area contributed by atoms with Gasteiger partial charge in [0.25, 0.3) is 0 Å². The van der Waals surface area contributed by atoms with Crippen molar-refractivity contribution in [3.8, 4) is 0 Å². The average Bonchev–Trinajstić information content (AvgIpc) is 2.05. The van der Waals surface area contributed by atoms with E-state index in [1.165, 1.54) is 32.5 Å². The topological polar surface area (TPSA) is 15.3 Å². The molecule has 2 nitrogen and oxygen atoms in total. The molecule has 3 heteroatoms. The van der Waals surface area contributed by atoms with Crippen LogP contribution >= 0.6 is 22.9 Å². The SMILES string of the molecule is CCCN(CCC)CC(C)NI. The van der Waals surface area contributed by atoms with Crippen molar-refractivity contribution in [1.29, 1.82) is 0 Å². The maximum atomic E-state index is 3.24. The molecule has 1 atom stereocenters. The third-order valence-corrected chi connectivity index (χ3v) is 2.86. The summed E-state index contributed by atoms with van der Waals surface area (Å²) in [6, 6.07) is 0.601. The van der Waals surface area contributed by atoms with Gasteiger partial charge in [0, 0.05) is 35.5 Å². The van der Waals surface area contributed by atoms with Crippen molar-refractivity contribution >= 4 is 22.9 Å². The van der Waals surface area contributed by atoms with Crippen molar-refractivity contribution in [1.82, 2.24) is 8.43 Å². The minimum absolute atomic E-state index is 0.601. The predicted octanol–water partition coefficient (Wildman–Crippen LogP) is 2.44. The summed E-state index contributed by atoms with van der Waals surface area (Å²) in [7, 11) is 0. The van der Waals surface area contributed by atoms with E-state index in [-0.39, 0.29) is 0 Å². The summed E-state index contributed by atoms with van der Waals surface area (Å²) in [4.78, 5) is 2.52. The van der Waals surface area contributed by atoms with Crippen molar-refractivity contribution in [2.75, 3.05) is 19.6 Å². The standard InChI is InChI=1S/C9H21IN2/c1-4-6-12(7-5-2)8-9(3)11-10/h9,11H,4-8H2,1-3H3. The van der Waals surface area contributed by atoms with Crippen molar-refractivity contribution < 1.29 is 0 Å². The minimum Gasteiger partial charge on any atom is -0.302 e. The maximum absolute atomic E-state index is 3.24. The molecule has 0 aromatic rings. The van der Waals surface area contributed by atoms with Crippen molar-refractivity contribution in [3.05, 3.63) is 0 Å². The molecule has 0 radical (unpaired) electrons. The zero-order chi connectivity index (χ0) is 9.40. The Bertz CT molecular complexity index is 92.5. The highest BCUT2D eigenvalue weighted by Gasteiger charge is 2.06. The third kappa shape index (κ3) is 6.20. The Labute approximate surface area is 90.6 Å². The van der Waals surface area contributed by atoms with Gasteiger partial charge in [-0.3, -0.25) is 3.53 Å². The van der Waals surface area contributed by atoms with Crippen LogP contribution in [-0.2, 0) is 0 Å². The highest BCUT2D eigenvalue weighted by atomic mass is 127. The van der Waals surface area contributed by atoms with Crippen LogP contribution in [0.25, 0.3) is 0 Å². The first-order chi connectivity index (χ1) is 5.74. The minimum atomic E-state index is 0.601. The molecule has 0 saturated heterocycles. The molecule has 0 aromatic heterocycles. The Balaban J connectivity index is 3.61. The smallest absolute Gasteiger partial charge is 0.0262 e. The van der Waals surface area contributed by atoms with Gasteiger partial charge in [0.15, 0.2) is 0 Å². The van der Waals surface area contributed by atoms with E-state index in [9.17, 15) is 0 Å². The van der Waals surface area contributed by atoms with Gasteiger partial charge in [0.2, 0.25) is 0 Å². The fourth-order valence-electron chi connectivity index (χ4n) is 1.35. The lowest BCUT2D eigenvalue weighted by Gasteiger charge is -2.23. The molecule has 1 unspecified atom stereocenters. The number of nitrogens with zero attached hydrogens (tertiary/aromatic N) is 1. The lowest BCUT2D eigenvalue weighted by molar-refractivity contribution is 0.259. The van der Waals surface area contributed by atoms with Crippen LogP contribution in [0.3, 0.4) is 0 Å². The van der Waals surface area contributed by atoms with Crippen LogP contribution in [0.2, 0.25) is 0 Å². The van der Waals surface area contributed by atoms with Gasteiger partial charge in [-0.1, -0.05) is 13.8 Å².